The molecule has 0 unspecified atom stereocenters. The van der Waals surface area contributed by atoms with E-state index < -0.39 is 0 Å². The Morgan fingerprint density at radius 2 is 1.89 bits per heavy atom. The molecule has 1 aromatic heterocycles. The van der Waals surface area contributed by atoms with Crippen LogP contribution in [0.1, 0.15) is 69.9 Å². The van der Waals surface area contributed by atoms with Crippen LogP contribution in [0.4, 0.5) is 5.69 Å². The first-order chi connectivity index (χ1) is 17.8. The summed E-state index contributed by atoms with van der Waals surface area (Å²) < 4.78 is 2.28. The molecule has 2 aromatic carbocycles. The second-order valence-electron chi connectivity index (χ2n) is 10.4. The predicted octanol–water partition coefficient (Wildman–Crippen LogP) is 6.60. The Morgan fingerprint density at radius 1 is 1.14 bits per heavy atom. The molecule has 1 aliphatic rings. The van der Waals surface area contributed by atoms with Gasteiger partial charge in [-0.1, -0.05) is 27.2 Å². The van der Waals surface area contributed by atoms with Gasteiger partial charge >= 0.3 is 0 Å². The molecule has 1 saturated heterocycles. The molecule has 1 aliphatic heterocycles. The average molecular weight is 505 g/mol. The lowest BCUT2D eigenvalue weighted by molar-refractivity contribution is 0.339. The molecule has 4 rings (SSSR count). The van der Waals surface area contributed by atoms with Crippen molar-refractivity contribution in [1.82, 2.24) is 9.88 Å². The number of benzene rings is 2. The summed E-state index contributed by atoms with van der Waals surface area (Å²) in [4.78, 5) is 1.46. The number of nitrogens with one attached hydrogen (secondary N) is 2. The van der Waals surface area contributed by atoms with Crippen LogP contribution in [0.15, 0.2) is 54.6 Å². The first-order valence-electron chi connectivity index (χ1n) is 13.4. The van der Waals surface area contributed by atoms with Crippen LogP contribution >= 0.6 is 0 Å². The highest BCUT2D eigenvalue weighted by Crippen LogP contribution is 2.35. The van der Waals surface area contributed by atoms with Crippen molar-refractivity contribution in [3.05, 3.63) is 65.7 Å². The van der Waals surface area contributed by atoms with Crippen LogP contribution in [-0.4, -0.2) is 38.8 Å². The predicted molar refractivity (Wildman–Crippen MR) is 151 cm³/mol. The number of aliphatic hydroxyl groups is 1. The Hall–Kier alpha value is -3.45. The molecule has 2 heterocycles. The maximum absolute atomic E-state index is 11.1. The number of piperidine rings is 1. The van der Waals surface area contributed by atoms with Gasteiger partial charge in [-0.3, -0.25) is 10.3 Å². The molecule has 198 valence electrons. The first kappa shape index (κ1) is 26.6. The van der Waals surface area contributed by atoms with Crippen molar-refractivity contribution in [3.63, 3.8) is 0 Å². The van der Waals surface area contributed by atoms with Crippen LogP contribution < -0.4 is 10.2 Å². The van der Waals surface area contributed by atoms with E-state index in [1.807, 2.05) is 39.0 Å². The van der Waals surface area contributed by atoms with E-state index in [0.717, 1.165) is 49.3 Å². The van der Waals surface area contributed by atoms with Crippen LogP contribution in [0, 0.1) is 11.3 Å². The molecule has 7 nitrogen and oxygen atoms in total. The highest BCUT2D eigenvalue weighted by Gasteiger charge is 2.23. The molecule has 0 radical (unpaired) electrons. The number of phenolic OH excluding ortho intramolecular Hbond substituents is 2. The van der Waals surface area contributed by atoms with Gasteiger partial charge in [0, 0.05) is 29.7 Å². The minimum atomic E-state index is -0.203. The number of amidine groups is 1. The first-order valence-corrected chi connectivity index (χ1v) is 13.4. The number of aromatic hydroxyl groups is 2. The zero-order chi connectivity index (χ0) is 26.5. The molecule has 0 spiro atoms. The maximum Gasteiger partial charge on any atom is 0.193 e. The molecular formula is C30H40N4O3. The summed E-state index contributed by atoms with van der Waals surface area (Å²) in [6.45, 7) is 9.09. The van der Waals surface area contributed by atoms with E-state index in [9.17, 15) is 15.3 Å². The molecule has 3 aromatic rings. The highest BCUT2D eigenvalue weighted by atomic mass is 16.3. The Bertz CT molecular complexity index is 1270. The molecule has 7 heteroatoms. The van der Waals surface area contributed by atoms with Crippen LogP contribution in [0.25, 0.3) is 10.9 Å². The van der Waals surface area contributed by atoms with Gasteiger partial charge in [-0.15, -0.1) is 0 Å². The molecule has 0 atom stereocenters. The van der Waals surface area contributed by atoms with Gasteiger partial charge in [0.15, 0.2) is 5.88 Å². The van der Waals surface area contributed by atoms with Crippen molar-refractivity contribution in [2.24, 2.45) is 5.92 Å². The number of allylic oxidation sites excluding steroid dienone is 1. The van der Waals surface area contributed by atoms with Gasteiger partial charge in [0.1, 0.15) is 17.3 Å². The van der Waals surface area contributed by atoms with Gasteiger partial charge < -0.3 is 25.2 Å². The lowest BCUT2D eigenvalue weighted by Gasteiger charge is -2.26. The second-order valence-corrected chi connectivity index (χ2v) is 10.4. The fourth-order valence-electron chi connectivity index (χ4n) is 5.12. The van der Waals surface area contributed by atoms with Crippen molar-refractivity contribution in [2.45, 2.75) is 65.3 Å². The van der Waals surface area contributed by atoms with Crippen LogP contribution in [-0.2, 0) is 6.54 Å². The number of fused-ring (bicyclic) bond motifs is 1. The van der Waals surface area contributed by atoms with Crippen LogP contribution in [0.5, 0.6) is 11.5 Å². The number of aryl methyl sites for hydroxylation is 1. The zero-order valence-electron chi connectivity index (χ0n) is 22.2. The van der Waals surface area contributed by atoms with Crippen LogP contribution in [0.3, 0.4) is 0 Å². The smallest absolute Gasteiger partial charge is 0.193 e. The lowest BCUT2D eigenvalue weighted by Crippen LogP contribution is -2.30. The Balaban J connectivity index is 1.67. The molecule has 1 fully saturated rings. The number of rotatable bonds is 9. The number of hydrogen-bond donors (Lipinski definition) is 5. The highest BCUT2D eigenvalue weighted by molar-refractivity contribution is 6.12. The second kappa shape index (κ2) is 11.7. The van der Waals surface area contributed by atoms with Gasteiger partial charge in [-0.05, 0) is 92.6 Å². The molecular weight excluding hydrogens is 464 g/mol. The Labute approximate surface area is 219 Å². The number of hydrogen-bond acceptors (Lipinski definition) is 5. The monoisotopic (exact) mass is 504 g/mol. The number of aliphatic hydroxyl groups excluding tert-OH is 1. The number of phenols is 2. The van der Waals surface area contributed by atoms with E-state index in [1.54, 1.807) is 12.1 Å². The number of aromatic nitrogens is 1. The van der Waals surface area contributed by atoms with Crippen molar-refractivity contribution in [3.8, 4) is 11.5 Å². The summed E-state index contributed by atoms with van der Waals surface area (Å²) in [6, 6.07) is 10.9. The summed E-state index contributed by atoms with van der Waals surface area (Å²) in [6.07, 6.45) is 8.93. The number of nitrogens with zero attached hydrogens (tertiary/aromatic N) is 2. The third kappa shape index (κ3) is 5.93. The Morgan fingerprint density at radius 3 is 2.59 bits per heavy atom. The molecule has 37 heavy (non-hydrogen) atoms. The van der Waals surface area contributed by atoms with Crippen molar-refractivity contribution in [1.29, 1.82) is 5.41 Å². The molecule has 0 bridgehead atoms. The third-order valence-electron chi connectivity index (χ3n) is 7.34. The minimum Gasteiger partial charge on any atom is -0.508 e. The summed E-state index contributed by atoms with van der Waals surface area (Å²) >= 11 is 0. The van der Waals surface area contributed by atoms with E-state index in [4.69, 9.17) is 5.41 Å². The van der Waals surface area contributed by atoms with Crippen molar-refractivity contribution < 1.29 is 15.3 Å². The largest absolute Gasteiger partial charge is 0.508 e. The fraction of sp³-hybridized carbons (Fsp3) is 0.433. The summed E-state index contributed by atoms with van der Waals surface area (Å²) in [5.74, 6) is 0.428. The van der Waals surface area contributed by atoms with E-state index in [0.29, 0.717) is 17.7 Å². The summed E-state index contributed by atoms with van der Waals surface area (Å²) in [7, 11) is 0. The van der Waals surface area contributed by atoms with Gasteiger partial charge in [-0.25, -0.2) is 0 Å². The average Bonchev–Trinajstić information content (AvgIpc) is 3.29. The van der Waals surface area contributed by atoms with Crippen LogP contribution in [0.2, 0.25) is 0 Å². The van der Waals surface area contributed by atoms with Gasteiger partial charge in [0.05, 0.1) is 11.3 Å². The van der Waals surface area contributed by atoms with E-state index in [2.05, 4.69) is 22.1 Å². The van der Waals surface area contributed by atoms with E-state index >= 15 is 0 Å². The van der Waals surface area contributed by atoms with Gasteiger partial charge in [0.25, 0.3) is 0 Å². The standard InChI is InChI=1S/C30H40N4O3/c1-4-5-6-29(37)34(30(31)25-18-24(20(2)3)27(35)19-28(25)36)23-7-8-26-22(17-23)12-16-33(26)15-11-21-9-13-32-14-10-21/h6-8,12,16-21,31-32,35-37H,4-5,9-11,13-15H2,1-3H3/b29-6-,31-30?. The summed E-state index contributed by atoms with van der Waals surface area (Å²) in [5, 5.41) is 45.4. The van der Waals surface area contributed by atoms with E-state index in [-0.39, 0.29) is 34.7 Å². The number of anilines is 1. The van der Waals surface area contributed by atoms with Gasteiger partial charge in [-0.2, -0.15) is 0 Å². The van der Waals surface area contributed by atoms with Gasteiger partial charge in [0.2, 0.25) is 0 Å². The zero-order valence-corrected chi connectivity index (χ0v) is 22.2. The normalized spacial score (nSPS) is 15.0. The van der Waals surface area contributed by atoms with E-state index in [1.165, 1.54) is 23.8 Å². The quantitative estimate of drug-likeness (QED) is 0.128. The molecule has 0 aliphatic carbocycles. The minimum absolute atomic E-state index is 0.00539. The molecule has 0 saturated carbocycles. The third-order valence-corrected chi connectivity index (χ3v) is 7.34. The van der Waals surface area contributed by atoms with Crippen molar-refractivity contribution >= 4 is 22.4 Å². The fourth-order valence-corrected chi connectivity index (χ4v) is 5.12. The van der Waals surface area contributed by atoms with Crippen molar-refractivity contribution in [2.75, 3.05) is 18.0 Å². The topological polar surface area (TPSA) is 105 Å². The maximum atomic E-state index is 11.1. The SMILES string of the molecule is CCC/C=C(\O)N(C(=N)c1cc(C(C)C)c(O)cc1O)c1ccc2c(ccn2CCC2CCNCC2)c1. The Kier molecular flexibility index (Phi) is 8.44. The summed E-state index contributed by atoms with van der Waals surface area (Å²) in [5.41, 5.74) is 2.64. The lowest BCUT2D eigenvalue weighted by atomic mass is 9.95. The number of unbranched alkanes of at least 4 members (excludes halogenated alkanes) is 1. The molecule has 0 amide bonds. The molecule has 5 N–H and O–H groups in total.